The number of nitrogen functional groups attached to an aromatic ring is 1. The van der Waals surface area contributed by atoms with E-state index in [1.165, 1.54) is 11.3 Å². The summed E-state index contributed by atoms with van der Waals surface area (Å²) >= 11 is 1.18. The Hall–Kier alpha value is -1.36. The molecule has 0 fully saturated rings. The maximum Gasteiger partial charge on any atom is 0.251 e. The molecule has 0 bridgehead atoms. The molecule has 0 radical (unpaired) electrons. The van der Waals surface area contributed by atoms with Crippen molar-refractivity contribution in [3.8, 4) is 0 Å². The summed E-state index contributed by atoms with van der Waals surface area (Å²) in [7, 11) is 0. The van der Waals surface area contributed by atoms with E-state index in [9.17, 15) is 9.59 Å². The lowest BCUT2D eigenvalue weighted by atomic mass is 9.87. The normalized spacial score (nSPS) is 20.1. The number of primary amides is 1. The van der Waals surface area contributed by atoms with Crippen molar-refractivity contribution in [2.24, 2.45) is 11.7 Å². The van der Waals surface area contributed by atoms with Gasteiger partial charge in [0.15, 0.2) is 5.78 Å². The molecule has 1 aliphatic carbocycles. The Morgan fingerprint density at radius 2 is 2.20 bits per heavy atom. The summed E-state index contributed by atoms with van der Waals surface area (Å²) in [6.07, 6.45) is 1.48. The topological polar surface area (TPSA) is 86.2 Å². The van der Waals surface area contributed by atoms with Crippen LogP contribution in [0.1, 0.15) is 38.9 Å². The first-order valence-electron chi connectivity index (χ1n) is 4.77. The molecule has 1 aromatic rings. The molecule has 1 amide bonds. The van der Waals surface area contributed by atoms with Crippen molar-refractivity contribution in [1.29, 1.82) is 0 Å². The molecule has 5 heteroatoms. The Morgan fingerprint density at radius 1 is 1.53 bits per heavy atom. The Kier molecular flexibility index (Phi) is 2.26. The first-order chi connectivity index (χ1) is 7.02. The molecule has 0 saturated heterocycles. The highest BCUT2D eigenvalue weighted by Gasteiger charge is 2.31. The number of fused-ring (bicyclic) bond motifs is 1. The van der Waals surface area contributed by atoms with E-state index in [-0.39, 0.29) is 11.7 Å². The van der Waals surface area contributed by atoms with Gasteiger partial charge in [-0.2, -0.15) is 0 Å². The summed E-state index contributed by atoms with van der Waals surface area (Å²) < 4.78 is 0. The number of Topliss-reactive ketones (excluding diaryl/α,β-unsaturated/α-hetero) is 1. The van der Waals surface area contributed by atoms with Crippen molar-refractivity contribution in [2.45, 2.75) is 19.8 Å². The second-order valence-corrected chi connectivity index (χ2v) is 4.87. The minimum absolute atomic E-state index is 0.0243. The van der Waals surface area contributed by atoms with Crippen molar-refractivity contribution < 1.29 is 9.59 Å². The molecule has 0 unspecified atom stereocenters. The molecule has 2 rings (SSSR count). The average Bonchev–Trinajstić information content (AvgIpc) is 2.49. The molecule has 80 valence electrons. The van der Waals surface area contributed by atoms with Crippen LogP contribution in [0.5, 0.6) is 0 Å². The molecule has 15 heavy (non-hydrogen) atoms. The third-order valence-electron chi connectivity index (χ3n) is 2.78. The van der Waals surface area contributed by atoms with Gasteiger partial charge in [0, 0.05) is 5.92 Å². The van der Waals surface area contributed by atoms with Crippen LogP contribution >= 0.6 is 11.3 Å². The van der Waals surface area contributed by atoms with Crippen molar-refractivity contribution in [2.75, 3.05) is 5.73 Å². The molecule has 4 nitrogen and oxygen atoms in total. The maximum absolute atomic E-state index is 11.8. The highest BCUT2D eigenvalue weighted by molar-refractivity contribution is 7.18. The largest absolute Gasteiger partial charge is 0.390 e. The number of carbonyl (C=O) groups excluding carboxylic acids is 2. The quantitative estimate of drug-likeness (QED) is 0.751. The number of anilines is 1. The molecule has 1 aromatic heterocycles. The van der Waals surface area contributed by atoms with Crippen LogP contribution in [0.3, 0.4) is 0 Å². The summed E-state index contributed by atoms with van der Waals surface area (Å²) in [4.78, 5) is 23.6. The van der Waals surface area contributed by atoms with Crippen molar-refractivity contribution in [3.63, 3.8) is 0 Å². The van der Waals surface area contributed by atoms with Gasteiger partial charge in [-0.15, -0.1) is 11.3 Å². The van der Waals surface area contributed by atoms with E-state index in [0.29, 0.717) is 21.9 Å². The van der Waals surface area contributed by atoms with Crippen molar-refractivity contribution in [1.82, 2.24) is 0 Å². The highest BCUT2D eigenvalue weighted by atomic mass is 32.1. The zero-order chi connectivity index (χ0) is 11.2. The molecule has 0 aliphatic heterocycles. The second-order valence-electron chi connectivity index (χ2n) is 3.82. The summed E-state index contributed by atoms with van der Waals surface area (Å²) in [6.45, 7) is 1.89. The Bertz CT molecular complexity index is 451. The van der Waals surface area contributed by atoms with Gasteiger partial charge in [0.25, 0.3) is 5.91 Å². The maximum atomic E-state index is 11.8. The molecule has 1 atom stereocenters. The van der Waals surface area contributed by atoms with Gasteiger partial charge >= 0.3 is 0 Å². The lowest BCUT2D eigenvalue weighted by molar-refractivity contribution is 0.0918. The smallest absolute Gasteiger partial charge is 0.251 e. The van der Waals surface area contributed by atoms with Gasteiger partial charge < -0.3 is 11.5 Å². The van der Waals surface area contributed by atoms with Gasteiger partial charge in [0.05, 0.1) is 15.4 Å². The summed E-state index contributed by atoms with van der Waals surface area (Å²) in [6, 6.07) is 0. The summed E-state index contributed by atoms with van der Waals surface area (Å²) in [5, 5.41) is 0.370. The minimum Gasteiger partial charge on any atom is -0.390 e. The average molecular weight is 224 g/mol. The third-order valence-corrected chi connectivity index (χ3v) is 3.86. The molecule has 0 aromatic carbocycles. The Morgan fingerprint density at radius 3 is 2.80 bits per heavy atom. The number of amides is 1. The number of hydrogen-bond donors (Lipinski definition) is 2. The molecule has 1 heterocycles. The number of thiophene rings is 1. The lowest BCUT2D eigenvalue weighted by Gasteiger charge is -2.16. The van der Waals surface area contributed by atoms with Crippen LogP contribution < -0.4 is 11.5 Å². The number of carbonyl (C=O) groups is 2. The predicted octanol–water partition coefficient (Wildman–Crippen LogP) is 1.19. The molecule has 0 spiro atoms. The second kappa shape index (κ2) is 3.34. The van der Waals surface area contributed by atoms with Crippen LogP contribution in [0.4, 0.5) is 5.00 Å². The van der Waals surface area contributed by atoms with E-state index in [4.69, 9.17) is 11.5 Å². The molecule has 0 saturated carbocycles. The zero-order valence-electron chi connectivity index (χ0n) is 8.37. The van der Waals surface area contributed by atoms with Gasteiger partial charge in [-0.3, -0.25) is 9.59 Å². The van der Waals surface area contributed by atoms with E-state index < -0.39 is 5.91 Å². The summed E-state index contributed by atoms with van der Waals surface area (Å²) in [5.74, 6) is -0.427. The number of ketones is 1. The first-order valence-corrected chi connectivity index (χ1v) is 5.59. The van der Waals surface area contributed by atoms with Gasteiger partial charge in [-0.25, -0.2) is 0 Å². The van der Waals surface area contributed by atoms with E-state index in [1.54, 1.807) is 0 Å². The van der Waals surface area contributed by atoms with Crippen LogP contribution in [0.25, 0.3) is 0 Å². The van der Waals surface area contributed by atoms with E-state index >= 15 is 0 Å². The summed E-state index contributed by atoms with van der Waals surface area (Å²) in [5.41, 5.74) is 12.0. The van der Waals surface area contributed by atoms with Crippen LogP contribution in [0.15, 0.2) is 0 Å². The molecule has 1 aliphatic rings. The first kappa shape index (κ1) is 10.2. The number of rotatable bonds is 1. The monoisotopic (exact) mass is 224 g/mol. The van der Waals surface area contributed by atoms with E-state index in [1.807, 2.05) is 6.92 Å². The van der Waals surface area contributed by atoms with E-state index in [0.717, 1.165) is 12.0 Å². The molecule has 4 N–H and O–H groups in total. The molecular weight excluding hydrogens is 212 g/mol. The Labute approximate surface area is 91.3 Å². The van der Waals surface area contributed by atoms with Gasteiger partial charge in [-0.05, 0) is 18.4 Å². The minimum atomic E-state index is -0.535. The number of hydrogen-bond acceptors (Lipinski definition) is 4. The third kappa shape index (κ3) is 1.43. The van der Waals surface area contributed by atoms with Crippen molar-refractivity contribution in [3.05, 3.63) is 16.0 Å². The van der Waals surface area contributed by atoms with Gasteiger partial charge in [-0.1, -0.05) is 6.92 Å². The highest BCUT2D eigenvalue weighted by Crippen LogP contribution is 2.37. The fourth-order valence-corrected chi connectivity index (χ4v) is 3.08. The lowest BCUT2D eigenvalue weighted by Crippen LogP contribution is -2.21. The predicted molar refractivity (Wildman–Crippen MR) is 59.1 cm³/mol. The van der Waals surface area contributed by atoms with Crippen LogP contribution in [-0.4, -0.2) is 11.7 Å². The van der Waals surface area contributed by atoms with Crippen LogP contribution in [0.2, 0.25) is 0 Å². The fourth-order valence-electron chi connectivity index (χ4n) is 1.91. The van der Waals surface area contributed by atoms with Gasteiger partial charge in [0.1, 0.15) is 0 Å². The van der Waals surface area contributed by atoms with Crippen LogP contribution in [0, 0.1) is 5.92 Å². The zero-order valence-corrected chi connectivity index (χ0v) is 9.19. The standard InChI is InChI=1S/C10H12N2O2S/c1-4-2-3-5-6(9(11)14)10(12)15-8(5)7(4)13/h4H,2-3,12H2,1H3,(H2,11,14)/t4-/m0/s1. The van der Waals surface area contributed by atoms with E-state index in [2.05, 4.69) is 0 Å². The SMILES string of the molecule is C[C@H]1CCc2c(sc(N)c2C(N)=O)C1=O. The Balaban J connectivity index is 2.60. The molecular formula is C10H12N2O2S. The van der Waals surface area contributed by atoms with Crippen LogP contribution in [-0.2, 0) is 6.42 Å². The van der Waals surface area contributed by atoms with Gasteiger partial charge in [0.2, 0.25) is 0 Å². The number of nitrogens with two attached hydrogens (primary N) is 2. The van der Waals surface area contributed by atoms with Crippen molar-refractivity contribution >= 4 is 28.0 Å². The fraction of sp³-hybridized carbons (Fsp3) is 0.400.